The van der Waals surface area contributed by atoms with Gasteiger partial charge in [-0.2, -0.15) is 21.6 Å². The normalized spacial score (nSPS) is 20.1. The molecule has 1 heterocycles. The van der Waals surface area contributed by atoms with Gasteiger partial charge >= 0.3 is 16.4 Å². The van der Waals surface area contributed by atoms with Crippen molar-refractivity contribution < 1.29 is 30.3 Å². The molecular formula is C12H11F4NO3S. The Morgan fingerprint density at radius 3 is 2.38 bits per heavy atom. The van der Waals surface area contributed by atoms with Crippen LogP contribution in [0.15, 0.2) is 24.3 Å². The summed E-state index contributed by atoms with van der Waals surface area (Å²) in [7, 11) is -4.88. The molecular weight excluding hydrogens is 314 g/mol. The largest absolute Gasteiger partial charge is 0.416 e. The number of halogens is 4. The van der Waals surface area contributed by atoms with Crippen LogP contribution in [0, 0.1) is 0 Å². The van der Waals surface area contributed by atoms with Crippen molar-refractivity contribution in [1.29, 1.82) is 0 Å². The fraction of sp³-hybridized carbons (Fsp3) is 0.417. The van der Waals surface area contributed by atoms with E-state index in [4.69, 9.17) is 0 Å². The van der Waals surface area contributed by atoms with Crippen LogP contribution < -0.4 is 0 Å². The van der Waals surface area contributed by atoms with Crippen molar-refractivity contribution in [2.45, 2.75) is 24.4 Å². The van der Waals surface area contributed by atoms with Crippen molar-refractivity contribution in [3.05, 3.63) is 35.4 Å². The molecule has 0 aliphatic carbocycles. The Labute approximate surface area is 118 Å². The predicted molar refractivity (Wildman–Crippen MR) is 65.3 cm³/mol. The highest BCUT2D eigenvalue weighted by atomic mass is 32.3. The Balaban J connectivity index is 2.22. The monoisotopic (exact) mass is 325 g/mol. The molecule has 1 atom stereocenters. The maximum absolute atomic E-state index is 12.9. The molecule has 1 aromatic rings. The molecule has 0 aromatic heterocycles. The van der Waals surface area contributed by atoms with Gasteiger partial charge in [-0.3, -0.25) is 4.79 Å². The first-order chi connectivity index (χ1) is 9.59. The lowest BCUT2D eigenvalue weighted by Gasteiger charge is -2.19. The summed E-state index contributed by atoms with van der Waals surface area (Å²) in [6.07, 6.45) is -5.13. The maximum Gasteiger partial charge on any atom is 0.416 e. The summed E-state index contributed by atoms with van der Waals surface area (Å²) >= 11 is 0. The zero-order chi connectivity index (χ0) is 15.8. The quantitative estimate of drug-likeness (QED) is 0.632. The molecule has 1 amide bonds. The molecule has 1 aliphatic rings. The molecule has 0 N–H and O–H groups in total. The van der Waals surface area contributed by atoms with Crippen LogP contribution in [-0.4, -0.2) is 31.0 Å². The average Bonchev–Trinajstić information content (AvgIpc) is 2.70. The third kappa shape index (κ3) is 3.52. The lowest BCUT2D eigenvalue weighted by molar-refractivity contribution is -0.139. The van der Waals surface area contributed by atoms with Crippen LogP contribution in [0.3, 0.4) is 0 Å². The van der Waals surface area contributed by atoms with Crippen LogP contribution in [0.4, 0.5) is 17.1 Å². The fourth-order valence-electron chi connectivity index (χ4n) is 2.22. The van der Waals surface area contributed by atoms with E-state index in [0.29, 0.717) is 0 Å². The number of alkyl halides is 3. The topological polar surface area (TPSA) is 54.5 Å². The average molecular weight is 325 g/mol. The molecule has 4 nitrogen and oxygen atoms in total. The number of carbonyl (C=O) groups is 1. The predicted octanol–water partition coefficient (Wildman–Crippen LogP) is 2.11. The summed E-state index contributed by atoms with van der Waals surface area (Å²) < 4.78 is 72.9. The fourth-order valence-corrected chi connectivity index (χ4v) is 2.92. The molecule has 0 spiro atoms. The Morgan fingerprint density at radius 2 is 1.86 bits per heavy atom. The first kappa shape index (κ1) is 15.7. The van der Waals surface area contributed by atoms with Crippen molar-refractivity contribution in [2.75, 3.05) is 6.54 Å². The van der Waals surface area contributed by atoms with Gasteiger partial charge in [0.25, 0.3) is 0 Å². The maximum atomic E-state index is 12.9. The highest BCUT2D eigenvalue weighted by molar-refractivity contribution is 7.87. The summed E-state index contributed by atoms with van der Waals surface area (Å²) in [6.45, 7) is -0.843. The summed E-state index contributed by atoms with van der Waals surface area (Å²) in [5.74, 6) is -0.682. The molecule has 1 aliphatic heterocycles. The van der Waals surface area contributed by atoms with Gasteiger partial charge in [0.2, 0.25) is 5.91 Å². The van der Waals surface area contributed by atoms with Crippen LogP contribution in [0.5, 0.6) is 0 Å². The molecule has 1 aromatic carbocycles. The molecule has 1 unspecified atom stereocenters. The van der Waals surface area contributed by atoms with E-state index in [0.717, 1.165) is 11.0 Å². The van der Waals surface area contributed by atoms with E-state index in [1.54, 1.807) is 0 Å². The van der Waals surface area contributed by atoms with Crippen molar-refractivity contribution >= 4 is 16.1 Å². The molecule has 2 rings (SSSR count). The second-order valence-electron chi connectivity index (χ2n) is 4.73. The van der Waals surface area contributed by atoms with Crippen LogP contribution >= 0.6 is 0 Å². The lowest BCUT2D eigenvalue weighted by Crippen LogP contribution is -2.28. The first-order valence-corrected chi connectivity index (χ1v) is 7.40. The molecule has 1 fully saturated rings. The number of nitrogens with zero attached hydrogens (tertiary/aromatic N) is 1. The number of hydrogen-bond donors (Lipinski definition) is 0. The third-order valence-corrected chi connectivity index (χ3v) is 4.37. The molecule has 21 heavy (non-hydrogen) atoms. The summed E-state index contributed by atoms with van der Waals surface area (Å²) in [4.78, 5) is 12.5. The standard InChI is InChI=1S/C12H11F4NO3S/c13-12(14,15)10-4-2-1-3-8(10)6-17-7-9(5-11(17)18)21(16,19)20/h1-4,9H,5-7H2. The van der Waals surface area contributed by atoms with Gasteiger partial charge in [-0.15, -0.1) is 3.89 Å². The highest BCUT2D eigenvalue weighted by Crippen LogP contribution is 2.33. The van der Waals surface area contributed by atoms with E-state index in [1.807, 2.05) is 0 Å². The second kappa shape index (κ2) is 5.28. The second-order valence-corrected chi connectivity index (χ2v) is 6.35. The van der Waals surface area contributed by atoms with E-state index in [-0.39, 0.29) is 5.56 Å². The van der Waals surface area contributed by atoms with Crippen molar-refractivity contribution in [1.82, 2.24) is 4.90 Å². The number of hydrogen-bond acceptors (Lipinski definition) is 3. The minimum absolute atomic E-state index is 0.157. The molecule has 0 saturated carbocycles. The van der Waals surface area contributed by atoms with Crippen LogP contribution in [0.1, 0.15) is 17.5 Å². The van der Waals surface area contributed by atoms with E-state index in [1.165, 1.54) is 18.2 Å². The van der Waals surface area contributed by atoms with Gasteiger partial charge in [-0.25, -0.2) is 0 Å². The van der Waals surface area contributed by atoms with Gasteiger partial charge in [-0.05, 0) is 11.6 Å². The summed E-state index contributed by atoms with van der Waals surface area (Å²) in [5, 5.41) is -1.51. The van der Waals surface area contributed by atoms with Crippen LogP contribution in [0.25, 0.3) is 0 Å². The zero-order valence-corrected chi connectivity index (χ0v) is 11.4. The molecule has 0 radical (unpaired) electrons. The number of carbonyl (C=O) groups excluding carboxylic acids is 1. The number of amides is 1. The van der Waals surface area contributed by atoms with E-state index < -0.39 is 52.6 Å². The number of rotatable bonds is 3. The Kier molecular flexibility index (Phi) is 3.96. The highest BCUT2D eigenvalue weighted by Gasteiger charge is 2.40. The van der Waals surface area contributed by atoms with Gasteiger partial charge in [0.05, 0.1) is 5.56 Å². The summed E-state index contributed by atoms with van der Waals surface area (Å²) in [5.41, 5.74) is -1.06. The molecule has 1 saturated heterocycles. The number of benzene rings is 1. The Morgan fingerprint density at radius 1 is 1.24 bits per heavy atom. The van der Waals surface area contributed by atoms with Gasteiger partial charge < -0.3 is 4.90 Å². The van der Waals surface area contributed by atoms with Crippen LogP contribution in [-0.2, 0) is 27.7 Å². The van der Waals surface area contributed by atoms with Gasteiger partial charge in [0.1, 0.15) is 5.25 Å². The van der Waals surface area contributed by atoms with Crippen molar-refractivity contribution in [2.24, 2.45) is 0 Å². The van der Waals surface area contributed by atoms with Crippen molar-refractivity contribution in [3.8, 4) is 0 Å². The summed E-state index contributed by atoms with van der Waals surface area (Å²) in [6, 6.07) is 4.67. The zero-order valence-electron chi connectivity index (χ0n) is 10.6. The van der Waals surface area contributed by atoms with Crippen LogP contribution in [0.2, 0.25) is 0 Å². The lowest BCUT2D eigenvalue weighted by atomic mass is 10.1. The molecule has 9 heteroatoms. The first-order valence-electron chi connectivity index (χ1n) is 5.95. The minimum atomic E-state index is -4.88. The van der Waals surface area contributed by atoms with Gasteiger partial charge in [0.15, 0.2) is 0 Å². The Bertz CT molecular complexity index is 657. The molecule has 116 valence electrons. The van der Waals surface area contributed by atoms with E-state index in [2.05, 4.69) is 0 Å². The SMILES string of the molecule is O=C1CC(S(=O)(=O)F)CN1Cc1ccccc1C(F)(F)F. The smallest absolute Gasteiger partial charge is 0.337 e. The van der Waals surface area contributed by atoms with E-state index in [9.17, 15) is 30.3 Å². The minimum Gasteiger partial charge on any atom is -0.337 e. The molecule has 0 bridgehead atoms. The number of likely N-dealkylation sites (tertiary alicyclic amines) is 1. The van der Waals surface area contributed by atoms with Crippen molar-refractivity contribution in [3.63, 3.8) is 0 Å². The van der Waals surface area contributed by atoms with Gasteiger partial charge in [0, 0.05) is 19.5 Å². The van der Waals surface area contributed by atoms with E-state index >= 15 is 0 Å². The van der Waals surface area contributed by atoms with Gasteiger partial charge in [-0.1, -0.05) is 18.2 Å². The Hall–Kier alpha value is -1.64. The third-order valence-electron chi connectivity index (χ3n) is 3.26.